The van der Waals surface area contributed by atoms with Crippen molar-refractivity contribution in [2.24, 2.45) is 0 Å². The van der Waals surface area contributed by atoms with Crippen molar-refractivity contribution >= 4 is 17.6 Å². The van der Waals surface area contributed by atoms with Crippen molar-refractivity contribution in [3.8, 4) is 11.5 Å². The Balaban J connectivity index is 1.62. The van der Waals surface area contributed by atoms with Gasteiger partial charge >= 0.3 is 5.97 Å². The third-order valence-corrected chi connectivity index (χ3v) is 4.95. The van der Waals surface area contributed by atoms with E-state index < -0.39 is 5.97 Å². The molecule has 1 N–H and O–H groups in total. The molecule has 0 atom stereocenters. The Morgan fingerprint density at radius 2 is 1.64 bits per heavy atom. The average Bonchev–Trinajstić information content (AvgIpc) is 2.74. The predicted molar refractivity (Wildman–Crippen MR) is 111 cm³/mol. The first-order valence-electron chi connectivity index (χ1n) is 9.70. The highest BCUT2D eigenvalue weighted by molar-refractivity contribution is 6.20. The van der Waals surface area contributed by atoms with Gasteiger partial charge in [-0.25, -0.2) is 4.79 Å². The van der Waals surface area contributed by atoms with E-state index in [1.807, 2.05) is 24.3 Å². The first-order chi connectivity index (χ1) is 13.7. The summed E-state index contributed by atoms with van der Waals surface area (Å²) < 4.78 is 11.0. The van der Waals surface area contributed by atoms with E-state index >= 15 is 0 Å². The lowest BCUT2D eigenvalue weighted by atomic mass is 10.0. The molecule has 1 heterocycles. The Labute approximate surface area is 166 Å². The lowest BCUT2D eigenvalue weighted by Gasteiger charge is -2.26. The average molecular weight is 381 g/mol. The molecule has 1 saturated heterocycles. The molecule has 0 amide bonds. The maximum atomic E-state index is 11.7. The molecule has 0 aliphatic carbocycles. The number of piperidine rings is 1. The van der Waals surface area contributed by atoms with Gasteiger partial charge in [-0.1, -0.05) is 30.7 Å². The van der Waals surface area contributed by atoms with Crippen LogP contribution >= 0.6 is 0 Å². The van der Waals surface area contributed by atoms with Gasteiger partial charge in [0.25, 0.3) is 0 Å². The Hall–Kier alpha value is -2.79. The molecule has 2 aromatic rings. The Bertz CT molecular complexity index is 790. The fraction of sp³-hybridized carbons (Fsp3) is 0.348. The van der Waals surface area contributed by atoms with Gasteiger partial charge in [-0.15, -0.1) is 0 Å². The Morgan fingerprint density at radius 3 is 2.25 bits per heavy atom. The zero-order chi connectivity index (χ0) is 19.8. The van der Waals surface area contributed by atoms with Crippen LogP contribution in [0.25, 0.3) is 11.6 Å². The maximum Gasteiger partial charge on any atom is 0.336 e. The van der Waals surface area contributed by atoms with Gasteiger partial charge in [0, 0.05) is 6.54 Å². The van der Waals surface area contributed by atoms with E-state index in [0.29, 0.717) is 17.9 Å². The topological polar surface area (TPSA) is 59.0 Å². The summed E-state index contributed by atoms with van der Waals surface area (Å²) in [5.41, 5.74) is 1.69. The lowest BCUT2D eigenvalue weighted by Crippen LogP contribution is -2.33. The quantitative estimate of drug-likeness (QED) is 0.549. The summed E-state index contributed by atoms with van der Waals surface area (Å²) in [5, 5.41) is 9.58. The first-order valence-corrected chi connectivity index (χ1v) is 9.70. The standard InChI is InChI=1S/C23H27NO4/c1-27-20-11-7-19(8-12-20)22(23(25)26)17-18-5-9-21(10-6-18)28-16-15-24-13-3-2-4-14-24/h5-12,17H,2-4,13-16H2,1H3,(H,25,26)/b22-17-. The minimum absolute atomic E-state index is 0.237. The summed E-state index contributed by atoms with van der Waals surface area (Å²) in [6.45, 7) is 3.94. The van der Waals surface area contributed by atoms with Crippen molar-refractivity contribution in [3.05, 3.63) is 59.7 Å². The molecule has 5 nitrogen and oxygen atoms in total. The van der Waals surface area contributed by atoms with Gasteiger partial charge in [-0.2, -0.15) is 0 Å². The van der Waals surface area contributed by atoms with E-state index in [4.69, 9.17) is 9.47 Å². The van der Waals surface area contributed by atoms with Gasteiger partial charge in [0.15, 0.2) is 0 Å². The molecule has 5 heteroatoms. The zero-order valence-corrected chi connectivity index (χ0v) is 16.3. The zero-order valence-electron chi connectivity index (χ0n) is 16.3. The third-order valence-electron chi connectivity index (χ3n) is 4.95. The number of ether oxygens (including phenoxy) is 2. The van der Waals surface area contributed by atoms with Crippen LogP contribution in [0.1, 0.15) is 30.4 Å². The highest BCUT2D eigenvalue weighted by Crippen LogP contribution is 2.23. The summed E-state index contributed by atoms with van der Waals surface area (Å²) in [5.74, 6) is 0.530. The van der Waals surface area contributed by atoms with Crippen molar-refractivity contribution in [2.45, 2.75) is 19.3 Å². The van der Waals surface area contributed by atoms with Gasteiger partial charge in [-0.05, 0) is 67.4 Å². The lowest BCUT2D eigenvalue weighted by molar-refractivity contribution is -0.130. The summed E-state index contributed by atoms with van der Waals surface area (Å²) in [6, 6.07) is 14.5. The number of carboxylic acids is 1. The summed E-state index contributed by atoms with van der Waals surface area (Å²) in [6.07, 6.45) is 5.56. The normalized spacial score (nSPS) is 15.2. The van der Waals surface area contributed by atoms with Crippen molar-refractivity contribution in [1.82, 2.24) is 4.90 Å². The number of likely N-dealkylation sites (tertiary alicyclic amines) is 1. The molecule has 1 aliphatic rings. The smallest absolute Gasteiger partial charge is 0.336 e. The van der Waals surface area contributed by atoms with Crippen LogP contribution in [0.2, 0.25) is 0 Å². The molecular weight excluding hydrogens is 354 g/mol. The fourth-order valence-electron chi connectivity index (χ4n) is 3.34. The van der Waals surface area contributed by atoms with Crippen molar-refractivity contribution < 1.29 is 19.4 Å². The van der Waals surface area contributed by atoms with Crippen LogP contribution in [0.4, 0.5) is 0 Å². The molecule has 1 aliphatic heterocycles. The number of hydrogen-bond donors (Lipinski definition) is 1. The number of carbonyl (C=O) groups is 1. The van der Waals surface area contributed by atoms with E-state index in [1.54, 1.807) is 37.5 Å². The minimum Gasteiger partial charge on any atom is -0.497 e. The van der Waals surface area contributed by atoms with Gasteiger partial charge in [0.05, 0.1) is 12.7 Å². The maximum absolute atomic E-state index is 11.7. The SMILES string of the molecule is COc1ccc(/C(=C/c2ccc(OCCN3CCCCC3)cc2)C(=O)O)cc1. The third kappa shape index (κ3) is 5.60. The highest BCUT2D eigenvalue weighted by Gasteiger charge is 2.11. The van der Waals surface area contributed by atoms with E-state index in [-0.39, 0.29) is 5.57 Å². The summed E-state index contributed by atoms with van der Waals surface area (Å²) in [7, 11) is 1.58. The molecule has 0 bridgehead atoms. The second-order valence-electron chi connectivity index (χ2n) is 6.91. The number of methoxy groups -OCH3 is 1. The first kappa shape index (κ1) is 20.0. The van der Waals surface area contributed by atoms with Gasteiger partial charge < -0.3 is 14.6 Å². The van der Waals surface area contributed by atoms with Crippen molar-refractivity contribution in [1.29, 1.82) is 0 Å². The second kappa shape index (κ2) is 9.95. The molecule has 0 saturated carbocycles. The van der Waals surface area contributed by atoms with Crippen LogP contribution in [-0.2, 0) is 4.79 Å². The molecule has 2 aromatic carbocycles. The van der Waals surface area contributed by atoms with Gasteiger partial charge in [-0.3, -0.25) is 4.90 Å². The number of carboxylic acid groups (broad SMARTS) is 1. The number of aliphatic carboxylic acids is 1. The van der Waals surface area contributed by atoms with Crippen LogP contribution in [-0.4, -0.2) is 49.3 Å². The molecule has 3 rings (SSSR count). The summed E-state index contributed by atoms with van der Waals surface area (Å²) in [4.78, 5) is 14.1. The molecular formula is C23H27NO4. The highest BCUT2D eigenvalue weighted by atomic mass is 16.5. The van der Waals surface area contributed by atoms with Crippen molar-refractivity contribution in [3.63, 3.8) is 0 Å². The predicted octanol–water partition coefficient (Wildman–Crippen LogP) is 4.19. The number of benzene rings is 2. The number of nitrogens with zero attached hydrogens (tertiary/aromatic N) is 1. The molecule has 0 aromatic heterocycles. The number of hydrogen-bond acceptors (Lipinski definition) is 4. The Kier molecular flexibility index (Phi) is 7.09. The molecule has 1 fully saturated rings. The van der Waals surface area contributed by atoms with Crippen LogP contribution < -0.4 is 9.47 Å². The Morgan fingerprint density at radius 1 is 1.00 bits per heavy atom. The van der Waals surface area contributed by atoms with E-state index in [2.05, 4.69) is 4.90 Å². The minimum atomic E-state index is -0.966. The van der Waals surface area contributed by atoms with E-state index in [9.17, 15) is 9.90 Å². The van der Waals surface area contributed by atoms with Crippen LogP contribution in [0.3, 0.4) is 0 Å². The van der Waals surface area contributed by atoms with Crippen LogP contribution in [0, 0.1) is 0 Å². The molecule has 0 spiro atoms. The van der Waals surface area contributed by atoms with E-state index in [1.165, 1.54) is 19.3 Å². The molecule has 0 radical (unpaired) electrons. The molecule has 28 heavy (non-hydrogen) atoms. The van der Waals surface area contributed by atoms with Gasteiger partial charge in [0.2, 0.25) is 0 Å². The largest absolute Gasteiger partial charge is 0.497 e. The number of rotatable bonds is 8. The molecule has 148 valence electrons. The van der Waals surface area contributed by atoms with Crippen molar-refractivity contribution in [2.75, 3.05) is 33.4 Å². The van der Waals surface area contributed by atoms with Crippen LogP contribution in [0.15, 0.2) is 48.5 Å². The van der Waals surface area contributed by atoms with E-state index in [0.717, 1.165) is 30.9 Å². The van der Waals surface area contributed by atoms with Gasteiger partial charge in [0.1, 0.15) is 18.1 Å². The molecule has 0 unspecified atom stereocenters. The monoisotopic (exact) mass is 381 g/mol. The second-order valence-corrected chi connectivity index (χ2v) is 6.91. The summed E-state index contributed by atoms with van der Waals surface area (Å²) >= 11 is 0. The fourth-order valence-corrected chi connectivity index (χ4v) is 3.34. The van der Waals surface area contributed by atoms with Crippen LogP contribution in [0.5, 0.6) is 11.5 Å².